The lowest BCUT2D eigenvalue weighted by molar-refractivity contribution is 0.0666. The van der Waals surface area contributed by atoms with Crippen LogP contribution in [0.4, 0.5) is 0 Å². The highest BCUT2D eigenvalue weighted by Gasteiger charge is 2.48. The summed E-state index contributed by atoms with van der Waals surface area (Å²) in [6, 6.07) is 0. The zero-order valence-electron chi connectivity index (χ0n) is 10.9. The Kier molecular flexibility index (Phi) is 4.75. The van der Waals surface area contributed by atoms with Gasteiger partial charge in [0.25, 0.3) is 0 Å². The number of nitrogens with zero attached hydrogens (tertiary/aromatic N) is 2. The molecule has 0 unspecified atom stereocenters. The summed E-state index contributed by atoms with van der Waals surface area (Å²) < 4.78 is 5.32. The Balaban J connectivity index is 0.00000120. The molecule has 4 nitrogen and oxygen atoms in total. The van der Waals surface area contributed by atoms with Crippen molar-refractivity contribution in [1.29, 1.82) is 0 Å². The van der Waals surface area contributed by atoms with Crippen LogP contribution in [0.25, 0.3) is 0 Å². The molecule has 0 amide bonds. The van der Waals surface area contributed by atoms with Crippen molar-refractivity contribution in [3.05, 3.63) is 0 Å². The van der Waals surface area contributed by atoms with E-state index in [1.54, 1.807) is 0 Å². The first-order valence-electron chi connectivity index (χ1n) is 6.93. The van der Waals surface area contributed by atoms with Gasteiger partial charge in [-0.1, -0.05) is 6.42 Å². The predicted molar refractivity (Wildman–Crippen MR) is 83.3 cm³/mol. The number of aliphatic imine (C=N–C) groups is 1. The molecule has 5 heteroatoms. The molecule has 1 aliphatic heterocycles. The number of hydrogen-bond donors (Lipinski definition) is 1. The molecule has 3 aliphatic rings. The average Bonchev–Trinajstić information content (AvgIpc) is 3.13. The molecule has 0 atom stereocenters. The Morgan fingerprint density at radius 3 is 2.44 bits per heavy atom. The number of morpholine rings is 1. The number of ether oxygens (including phenoxy) is 1. The topological polar surface area (TPSA) is 50.8 Å². The van der Waals surface area contributed by atoms with Crippen LogP contribution in [0.2, 0.25) is 0 Å². The van der Waals surface area contributed by atoms with Crippen molar-refractivity contribution in [2.75, 3.05) is 32.8 Å². The number of rotatable bonds is 3. The molecule has 2 aliphatic carbocycles. The smallest absolute Gasteiger partial charge is 0.191 e. The fraction of sp³-hybridized carbons (Fsp3) is 0.923. The van der Waals surface area contributed by atoms with Gasteiger partial charge < -0.3 is 15.4 Å². The quantitative estimate of drug-likeness (QED) is 0.472. The maximum Gasteiger partial charge on any atom is 0.191 e. The first kappa shape index (κ1) is 14.4. The highest BCUT2D eigenvalue weighted by atomic mass is 127. The van der Waals surface area contributed by atoms with Crippen LogP contribution < -0.4 is 5.73 Å². The molecule has 0 aromatic rings. The van der Waals surface area contributed by atoms with E-state index >= 15 is 0 Å². The van der Waals surface area contributed by atoms with Crippen molar-refractivity contribution < 1.29 is 4.74 Å². The Bertz CT molecular complexity index is 307. The minimum absolute atomic E-state index is 0. The highest BCUT2D eigenvalue weighted by Crippen LogP contribution is 2.57. The zero-order valence-corrected chi connectivity index (χ0v) is 13.3. The molecule has 104 valence electrons. The van der Waals surface area contributed by atoms with Gasteiger partial charge in [-0.05, 0) is 37.0 Å². The lowest BCUT2D eigenvalue weighted by atomic mass is 9.65. The number of nitrogens with two attached hydrogens (primary N) is 1. The van der Waals surface area contributed by atoms with Crippen LogP contribution in [0.5, 0.6) is 0 Å². The van der Waals surface area contributed by atoms with E-state index in [2.05, 4.69) is 9.89 Å². The lowest BCUT2D eigenvalue weighted by Gasteiger charge is -2.41. The van der Waals surface area contributed by atoms with E-state index in [0.29, 0.717) is 5.41 Å². The van der Waals surface area contributed by atoms with Gasteiger partial charge in [-0.3, -0.25) is 4.99 Å². The van der Waals surface area contributed by atoms with Gasteiger partial charge in [-0.2, -0.15) is 0 Å². The van der Waals surface area contributed by atoms with Crippen LogP contribution in [0.1, 0.15) is 32.1 Å². The van der Waals surface area contributed by atoms with Gasteiger partial charge in [0.05, 0.1) is 13.2 Å². The molecule has 0 radical (unpaired) electrons. The van der Waals surface area contributed by atoms with Crippen LogP contribution in [-0.2, 0) is 4.74 Å². The molecule has 2 N–H and O–H groups in total. The zero-order chi connectivity index (χ0) is 11.7. The Labute approximate surface area is 126 Å². The number of hydrogen-bond acceptors (Lipinski definition) is 2. The van der Waals surface area contributed by atoms with E-state index in [-0.39, 0.29) is 24.0 Å². The molecular formula is C13H24IN3O. The van der Waals surface area contributed by atoms with Gasteiger partial charge >= 0.3 is 0 Å². The van der Waals surface area contributed by atoms with Gasteiger partial charge in [0, 0.05) is 19.6 Å². The Morgan fingerprint density at radius 2 is 1.94 bits per heavy atom. The maximum absolute atomic E-state index is 6.08. The molecule has 2 saturated carbocycles. The molecule has 0 aromatic heterocycles. The largest absolute Gasteiger partial charge is 0.378 e. The Morgan fingerprint density at radius 1 is 1.28 bits per heavy atom. The van der Waals surface area contributed by atoms with Crippen LogP contribution in [0.3, 0.4) is 0 Å². The maximum atomic E-state index is 6.08. The second kappa shape index (κ2) is 5.94. The van der Waals surface area contributed by atoms with E-state index in [9.17, 15) is 0 Å². The third-order valence-corrected chi connectivity index (χ3v) is 4.68. The molecule has 18 heavy (non-hydrogen) atoms. The van der Waals surface area contributed by atoms with Crippen molar-refractivity contribution in [1.82, 2.24) is 4.90 Å². The molecule has 0 aromatic carbocycles. The van der Waals surface area contributed by atoms with Crippen molar-refractivity contribution in [3.63, 3.8) is 0 Å². The molecule has 0 bridgehead atoms. The van der Waals surface area contributed by atoms with Crippen molar-refractivity contribution >= 4 is 29.9 Å². The second-order valence-electron chi connectivity index (χ2n) is 5.76. The van der Waals surface area contributed by atoms with Crippen molar-refractivity contribution in [3.8, 4) is 0 Å². The fourth-order valence-corrected chi connectivity index (χ4v) is 3.15. The molecule has 3 fully saturated rings. The monoisotopic (exact) mass is 365 g/mol. The summed E-state index contributed by atoms with van der Waals surface area (Å²) >= 11 is 0. The van der Waals surface area contributed by atoms with E-state index in [1.165, 1.54) is 32.1 Å². The summed E-state index contributed by atoms with van der Waals surface area (Å²) in [6.45, 7) is 4.31. The van der Waals surface area contributed by atoms with Crippen LogP contribution >= 0.6 is 24.0 Å². The van der Waals surface area contributed by atoms with Crippen LogP contribution in [0, 0.1) is 11.3 Å². The summed E-state index contributed by atoms with van der Waals surface area (Å²) in [5.74, 6) is 1.69. The number of halogens is 1. The number of guanidine groups is 1. The van der Waals surface area contributed by atoms with Gasteiger partial charge in [0.2, 0.25) is 0 Å². The van der Waals surface area contributed by atoms with Gasteiger partial charge in [0.15, 0.2) is 5.96 Å². The van der Waals surface area contributed by atoms with Crippen molar-refractivity contribution in [2.24, 2.45) is 22.1 Å². The van der Waals surface area contributed by atoms with E-state index in [1.807, 2.05) is 0 Å². The van der Waals surface area contributed by atoms with E-state index < -0.39 is 0 Å². The van der Waals surface area contributed by atoms with Crippen molar-refractivity contribution in [2.45, 2.75) is 32.1 Å². The summed E-state index contributed by atoms with van der Waals surface area (Å²) in [5.41, 5.74) is 6.61. The average molecular weight is 365 g/mol. The standard InChI is InChI=1S/C13H23N3O.HI/c14-12(16-6-8-17-9-7-16)15-10-13(4-1-5-13)11-2-3-11;/h11H,1-10H2,(H2,14,15);1H. The normalized spacial score (nSPS) is 27.3. The first-order valence-corrected chi connectivity index (χ1v) is 6.93. The second-order valence-corrected chi connectivity index (χ2v) is 5.76. The van der Waals surface area contributed by atoms with Crippen LogP contribution in [0.15, 0.2) is 4.99 Å². The molecule has 1 saturated heterocycles. The minimum Gasteiger partial charge on any atom is -0.378 e. The third kappa shape index (κ3) is 2.92. The van der Waals surface area contributed by atoms with Gasteiger partial charge in [-0.25, -0.2) is 0 Å². The van der Waals surface area contributed by atoms with E-state index in [4.69, 9.17) is 10.5 Å². The summed E-state index contributed by atoms with van der Waals surface area (Å²) in [7, 11) is 0. The van der Waals surface area contributed by atoms with Crippen LogP contribution in [-0.4, -0.2) is 43.7 Å². The molecule has 0 spiro atoms. The predicted octanol–water partition coefficient (Wildman–Crippen LogP) is 1.83. The van der Waals surface area contributed by atoms with Gasteiger partial charge in [-0.15, -0.1) is 24.0 Å². The summed E-state index contributed by atoms with van der Waals surface area (Å²) in [4.78, 5) is 6.82. The lowest BCUT2D eigenvalue weighted by Crippen LogP contribution is -2.45. The fourth-order valence-electron chi connectivity index (χ4n) is 3.15. The van der Waals surface area contributed by atoms with E-state index in [0.717, 1.165) is 44.7 Å². The minimum atomic E-state index is 0. The molecule has 1 heterocycles. The Hall–Kier alpha value is -0.0400. The summed E-state index contributed by atoms with van der Waals surface area (Å²) in [6.07, 6.45) is 6.98. The summed E-state index contributed by atoms with van der Waals surface area (Å²) in [5, 5.41) is 0. The third-order valence-electron chi connectivity index (χ3n) is 4.68. The molecular weight excluding hydrogens is 341 g/mol. The highest BCUT2D eigenvalue weighted by molar-refractivity contribution is 14.0. The SMILES string of the molecule is I.NC(=NCC1(C2CC2)CCC1)N1CCOCC1. The van der Waals surface area contributed by atoms with Gasteiger partial charge in [0.1, 0.15) is 0 Å². The first-order chi connectivity index (χ1) is 8.30. The molecule has 3 rings (SSSR count).